The minimum atomic E-state index is -4.68. The molecule has 126 valence electrons. The maximum absolute atomic E-state index is 13.0. The van der Waals surface area contributed by atoms with Gasteiger partial charge in [-0.1, -0.05) is 23.8 Å². The molecular weight excluding hydrogens is 347 g/mol. The summed E-state index contributed by atoms with van der Waals surface area (Å²) in [5.74, 6) is -2.50. The Morgan fingerprint density at radius 1 is 1.25 bits per heavy atom. The van der Waals surface area contributed by atoms with Crippen molar-refractivity contribution in [3.05, 3.63) is 40.9 Å². The van der Waals surface area contributed by atoms with Crippen LogP contribution in [0.5, 0.6) is 0 Å². The van der Waals surface area contributed by atoms with Crippen LogP contribution in [0.3, 0.4) is 0 Å². The molecule has 0 unspecified atom stereocenters. The number of halogens is 4. The van der Waals surface area contributed by atoms with E-state index in [9.17, 15) is 22.8 Å². The summed E-state index contributed by atoms with van der Waals surface area (Å²) in [5, 5.41) is -0.484. The van der Waals surface area contributed by atoms with Crippen LogP contribution >= 0.6 is 11.6 Å². The van der Waals surface area contributed by atoms with Crippen molar-refractivity contribution in [2.45, 2.75) is 24.8 Å². The minimum absolute atomic E-state index is 0.126. The first-order valence-electron chi connectivity index (χ1n) is 7.25. The first kappa shape index (κ1) is 15.7. The number of rotatable bonds is 1. The van der Waals surface area contributed by atoms with Gasteiger partial charge in [0.1, 0.15) is 0 Å². The Kier molecular flexibility index (Phi) is 3.01. The number of benzene rings is 1. The number of hydrogen-bond donors (Lipinski definition) is 0. The fourth-order valence-corrected chi connectivity index (χ4v) is 4.00. The van der Waals surface area contributed by atoms with Crippen molar-refractivity contribution in [3.8, 4) is 0 Å². The fraction of sp³-hybridized carbons (Fsp3) is 0.375. The molecule has 3 aliphatic rings. The third-order valence-electron chi connectivity index (χ3n) is 4.84. The van der Waals surface area contributed by atoms with Crippen LogP contribution in [0.4, 0.5) is 18.9 Å². The molecule has 8 heteroatoms. The van der Waals surface area contributed by atoms with E-state index in [1.807, 2.05) is 0 Å². The third kappa shape index (κ3) is 1.91. The third-order valence-corrected chi connectivity index (χ3v) is 5.17. The van der Waals surface area contributed by atoms with Crippen LogP contribution in [0.25, 0.3) is 0 Å². The molecule has 0 radical (unpaired) electrons. The highest BCUT2D eigenvalue weighted by Crippen LogP contribution is 2.52. The van der Waals surface area contributed by atoms with E-state index in [-0.39, 0.29) is 5.69 Å². The molecule has 4 nitrogen and oxygen atoms in total. The van der Waals surface area contributed by atoms with Gasteiger partial charge in [-0.25, -0.2) is 4.90 Å². The molecule has 3 aliphatic heterocycles. The molecule has 2 fully saturated rings. The van der Waals surface area contributed by atoms with E-state index >= 15 is 0 Å². The summed E-state index contributed by atoms with van der Waals surface area (Å²) >= 11 is 5.60. The standard InChI is InChI=1S/C16H11ClF3NO3/c1-15-5-4-10(24-15)11-12(15)14(23)21(13(11)22)7-2-3-9(17)8(6-7)16(18,19)20/h2-6,10-12H,1H3/t10-,11+,12-,15+/m1/s1. The molecule has 0 spiro atoms. The summed E-state index contributed by atoms with van der Waals surface area (Å²) < 4.78 is 44.8. The van der Waals surface area contributed by atoms with E-state index in [0.717, 1.165) is 17.0 Å². The highest BCUT2D eigenvalue weighted by Gasteiger charge is 2.66. The molecule has 2 bridgehead atoms. The van der Waals surface area contributed by atoms with Gasteiger partial charge in [-0.15, -0.1) is 0 Å². The van der Waals surface area contributed by atoms with Crippen LogP contribution in [0.1, 0.15) is 12.5 Å². The maximum atomic E-state index is 13.0. The Balaban J connectivity index is 1.77. The van der Waals surface area contributed by atoms with Crippen molar-refractivity contribution >= 4 is 29.1 Å². The minimum Gasteiger partial charge on any atom is -0.362 e. The number of carbonyl (C=O) groups excluding carboxylic acids is 2. The summed E-state index contributed by atoms with van der Waals surface area (Å²) in [5.41, 5.74) is -2.10. The lowest BCUT2D eigenvalue weighted by Gasteiger charge is -2.24. The number of anilines is 1. The number of carbonyl (C=O) groups is 2. The largest absolute Gasteiger partial charge is 0.417 e. The zero-order valence-corrected chi connectivity index (χ0v) is 13.1. The van der Waals surface area contributed by atoms with Crippen molar-refractivity contribution < 1.29 is 27.5 Å². The van der Waals surface area contributed by atoms with E-state index in [1.165, 1.54) is 6.07 Å². The molecule has 24 heavy (non-hydrogen) atoms. The SMILES string of the molecule is C[C@@]12C=C[C@@H](O1)[C@@H]1C(=O)N(c3ccc(Cl)c(C(F)(F)F)c3)C(=O)[C@@H]12. The Bertz CT molecular complexity index is 806. The van der Waals surface area contributed by atoms with Crippen LogP contribution < -0.4 is 4.90 Å². The number of imide groups is 1. The second-order valence-electron chi connectivity index (χ2n) is 6.30. The lowest BCUT2D eigenvalue weighted by Crippen LogP contribution is -2.38. The molecule has 4 rings (SSSR count). The normalized spacial score (nSPS) is 34.4. The van der Waals surface area contributed by atoms with Crippen molar-refractivity contribution in [3.63, 3.8) is 0 Å². The number of alkyl halides is 3. The van der Waals surface area contributed by atoms with Crippen molar-refractivity contribution in [2.75, 3.05) is 4.90 Å². The average molecular weight is 358 g/mol. The number of ether oxygens (including phenoxy) is 1. The van der Waals surface area contributed by atoms with Gasteiger partial charge in [0.15, 0.2) is 0 Å². The summed E-state index contributed by atoms with van der Waals surface area (Å²) in [6.45, 7) is 1.70. The molecule has 0 saturated carbocycles. The predicted octanol–water partition coefficient (Wildman–Crippen LogP) is 3.19. The van der Waals surface area contributed by atoms with E-state index in [0.29, 0.717) is 0 Å². The van der Waals surface area contributed by atoms with Crippen LogP contribution in [0, 0.1) is 11.8 Å². The van der Waals surface area contributed by atoms with Gasteiger partial charge in [-0.2, -0.15) is 13.2 Å². The van der Waals surface area contributed by atoms with Crippen molar-refractivity contribution in [2.24, 2.45) is 11.8 Å². The summed E-state index contributed by atoms with van der Waals surface area (Å²) in [6, 6.07) is 3.02. The van der Waals surface area contributed by atoms with Gasteiger partial charge in [0.25, 0.3) is 0 Å². The second-order valence-corrected chi connectivity index (χ2v) is 6.71. The summed E-state index contributed by atoms with van der Waals surface area (Å²) in [4.78, 5) is 26.2. The van der Waals surface area contributed by atoms with Gasteiger partial charge in [-0.3, -0.25) is 9.59 Å². The number of fused-ring (bicyclic) bond motifs is 5. The molecule has 2 saturated heterocycles. The summed E-state index contributed by atoms with van der Waals surface area (Å²) in [7, 11) is 0. The van der Waals surface area contributed by atoms with E-state index in [1.54, 1.807) is 19.1 Å². The smallest absolute Gasteiger partial charge is 0.362 e. The van der Waals surface area contributed by atoms with Crippen LogP contribution in [0.15, 0.2) is 30.4 Å². The van der Waals surface area contributed by atoms with Gasteiger partial charge >= 0.3 is 6.18 Å². The first-order chi connectivity index (χ1) is 11.1. The fourth-order valence-electron chi connectivity index (χ4n) is 3.78. The lowest BCUT2D eigenvalue weighted by molar-refractivity contribution is -0.137. The monoisotopic (exact) mass is 357 g/mol. The van der Waals surface area contributed by atoms with E-state index in [4.69, 9.17) is 16.3 Å². The number of hydrogen-bond acceptors (Lipinski definition) is 3. The van der Waals surface area contributed by atoms with Gasteiger partial charge in [0.05, 0.1) is 39.8 Å². The Morgan fingerprint density at radius 3 is 2.58 bits per heavy atom. The molecule has 0 aliphatic carbocycles. The molecular formula is C16H11ClF3NO3. The first-order valence-corrected chi connectivity index (χ1v) is 7.63. The molecule has 0 N–H and O–H groups in total. The average Bonchev–Trinajstić information content (AvgIpc) is 3.08. The molecule has 1 aromatic carbocycles. The predicted molar refractivity (Wildman–Crippen MR) is 78.3 cm³/mol. The molecule has 4 atom stereocenters. The highest BCUT2D eigenvalue weighted by molar-refractivity contribution is 6.31. The summed E-state index contributed by atoms with van der Waals surface area (Å²) in [6.07, 6.45) is -1.74. The lowest BCUT2D eigenvalue weighted by atomic mass is 9.78. The Labute approximate surface area is 139 Å². The van der Waals surface area contributed by atoms with Gasteiger partial charge in [0.2, 0.25) is 11.8 Å². The van der Waals surface area contributed by atoms with Gasteiger partial charge < -0.3 is 4.74 Å². The van der Waals surface area contributed by atoms with Crippen LogP contribution in [0.2, 0.25) is 5.02 Å². The van der Waals surface area contributed by atoms with Crippen molar-refractivity contribution in [1.29, 1.82) is 0 Å². The highest BCUT2D eigenvalue weighted by atomic mass is 35.5. The topological polar surface area (TPSA) is 46.6 Å². The quantitative estimate of drug-likeness (QED) is 0.573. The number of amides is 2. The molecule has 1 aromatic rings. The maximum Gasteiger partial charge on any atom is 0.417 e. The van der Waals surface area contributed by atoms with E-state index < -0.39 is 52.1 Å². The Morgan fingerprint density at radius 2 is 1.96 bits per heavy atom. The number of nitrogens with zero attached hydrogens (tertiary/aromatic N) is 1. The van der Waals surface area contributed by atoms with Crippen LogP contribution in [-0.2, 0) is 20.5 Å². The second kappa shape index (κ2) is 4.61. The van der Waals surface area contributed by atoms with E-state index in [2.05, 4.69) is 0 Å². The van der Waals surface area contributed by atoms with Gasteiger partial charge in [0, 0.05) is 0 Å². The van der Waals surface area contributed by atoms with Crippen LogP contribution in [-0.4, -0.2) is 23.5 Å². The van der Waals surface area contributed by atoms with Gasteiger partial charge in [-0.05, 0) is 25.1 Å². The molecule has 2 amide bonds. The molecule has 0 aromatic heterocycles. The zero-order valence-electron chi connectivity index (χ0n) is 12.3. The van der Waals surface area contributed by atoms with Crippen molar-refractivity contribution in [1.82, 2.24) is 0 Å². The zero-order chi connectivity index (χ0) is 17.4. The molecule has 3 heterocycles. The Hall–Kier alpha value is -1.86.